The van der Waals surface area contributed by atoms with Crippen molar-refractivity contribution in [3.05, 3.63) is 34.9 Å². The SMILES string of the molecule is O=C(O)CCCNC(=O)CNC(=O)NCc1ccc(Cl)cc1. The van der Waals surface area contributed by atoms with Gasteiger partial charge in [0.25, 0.3) is 0 Å². The zero-order chi connectivity index (χ0) is 16.4. The summed E-state index contributed by atoms with van der Waals surface area (Å²) >= 11 is 5.75. The number of carbonyl (C=O) groups is 3. The van der Waals surface area contributed by atoms with Crippen molar-refractivity contribution in [2.45, 2.75) is 19.4 Å². The number of halogens is 1. The van der Waals surface area contributed by atoms with Crippen molar-refractivity contribution in [3.8, 4) is 0 Å². The molecule has 0 aliphatic carbocycles. The lowest BCUT2D eigenvalue weighted by molar-refractivity contribution is -0.137. The third-order valence-electron chi connectivity index (χ3n) is 2.67. The largest absolute Gasteiger partial charge is 0.481 e. The van der Waals surface area contributed by atoms with Gasteiger partial charge in [-0.1, -0.05) is 23.7 Å². The van der Waals surface area contributed by atoms with E-state index in [1.165, 1.54) is 0 Å². The van der Waals surface area contributed by atoms with Crippen LogP contribution in [0.5, 0.6) is 0 Å². The molecule has 1 aromatic carbocycles. The van der Waals surface area contributed by atoms with Crippen LogP contribution >= 0.6 is 11.6 Å². The molecule has 22 heavy (non-hydrogen) atoms. The van der Waals surface area contributed by atoms with Gasteiger partial charge in [0.15, 0.2) is 0 Å². The first kappa shape index (κ1) is 17.8. The van der Waals surface area contributed by atoms with E-state index in [0.717, 1.165) is 5.56 Å². The molecule has 0 aromatic heterocycles. The minimum absolute atomic E-state index is 0.00468. The van der Waals surface area contributed by atoms with Gasteiger partial charge in [0.2, 0.25) is 5.91 Å². The average molecular weight is 328 g/mol. The Morgan fingerprint density at radius 1 is 1.05 bits per heavy atom. The fourth-order valence-corrected chi connectivity index (χ4v) is 1.66. The van der Waals surface area contributed by atoms with Crippen molar-refractivity contribution in [3.63, 3.8) is 0 Å². The minimum Gasteiger partial charge on any atom is -0.481 e. The minimum atomic E-state index is -0.908. The summed E-state index contributed by atoms with van der Waals surface area (Å²) in [5, 5.41) is 16.6. The van der Waals surface area contributed by atoms with Crippen LogP contribution in [0.1, 0.15) is 18.4 Å². The average Bonchev–Trinajstić information content (AvgIpc) is 2.48. The fraction of sp³-hybridized carbons (Fsp3) is 0.357. The molecule has 0 atom stereocenters. The highest BCUT2D eigenvalue weighted by Gasteiger charge is 2.05. The Balaban J connectivity index is 2.13. The van der Waals surface area contributed by atoms with Gasteiger partial charge in [-0.15, -0.1) is 0 Å². The summed E-state index contributed by atoms with van der Waals surface area (Å²) in [5.74, 6) is -1.28. The molecule has 0 fully saturated rings. The maximum absolute atomic E-state index is 11.5. The molecule has 0 bridgehead atoms. The molecule has 0 aliphatic heterocycles. The van der Waals surface area contributed by atoms with Crippen molar-refractivity contribution in [2.75, 3.05) is 13.1 Å². The van der Waals surface area contributed by atoms with Crippen LogP contribution in [0.3, 0.4) is 0 Å². The number of hydrogen-bond acceptors (Lipinski definition) is 3. The Hall–Kier alpha value is -2.28. The van der Waals surface area contributed by atoms with E-state index in [2.05, 4.69) is 16.0 Å². The molecular formula is C14H18ClN3O4. The van der Waals surface area contributed by atoms with Crippen molar-refractivity contribution < 1.29 is 19.5 Å². The van der Waals surface area contributed by atoms with Crippen LogP contribution in [0.2, 0.25) is 5.02 Å². The highest BCUT2D eigenvalue weighted by atomic mass is 35.5. The zero-order valence-electron chi connectivity index (χ0n) is 11.9. The van der Waals surface area contributed by atoms with E-state index in [-0.39, 0.29) is 25.4 Å². The van der Waals surface area contributed by atoms with Gasteiger partial charge < -0.3 is 21.1 Å². The molecule has 0 heterocycles. The van der Waals surface area contributed by atoms with E-state index in [9.17, 15) is 14.4 Å². The summed E-state index contributed by atoms with van der Waals surface area (Å²) in [6.45, 7) is 0.419. The van der Waals surface area contributed by atoms with Gasteiger partial charge in [0.05, 0.1) is 6.54 Å². The molecule has 0 radical (unpaired) electrons. The monoisotopic (exact) mass is 327 g/mol. The number of benzene rings is 1. The first-order chi connectivity index (χ1) is 10.5. The van der Waals surface area contributed by atoms with Crippen LogP contribution in [0, 0.1) is 0 Å². The molecule has 0 saturated heterocycles. The molecule has 0 unspecified atom stereocenters. The number of hydrogen-bond donors (Lipinski definition) is 4. The molecule has 0 aliphatic rings. The van der Waals surface area contributed by atoms with Gasteiger partial charge in [-0.05, 0) is 24.1 Å². The van der Waals surface area contributed by atoms with E-state index in [1.807, 2.05) is 0 Å². The first-order valence-corrected chi connectivity index (χ1v) is 7.10. The maximum Gasteiger partial charge on any atom is 0.315 e. The van der Waals surface area contributed by atoms with Crippen molar-refractivity contribution in [1.82, 2.24) is 16.0 Å². The van der Waals surface area contributed by atoms with Gasteiger partial charge >= 0.3 is 12.0 Å². The van der Waals surface area contributed by atoms with Gasteiger partial charge in [-0.25, -0.2) is 4.79 Å². The highest BCUT2D eigenvalue weighted by molar-refractivity contribution is 6.30. The number of urea groups is 1. The Kier molecular flexibility index (Phi) is 7.77. The summed E-state index contributed by atoms with van der Waals surface area (Å²) in [6.07, 6.45) is 0.346. The number of carboxylic acids is 1. The second-order valence-corrected chi connectivity index (χ2v) is 4.95. The summed E-state index contributed by atoms with van der Waals surface area (Å²) in [5.41, 5.74) is 0.887. The molecule has 1 rings (SSSR count). The molecule has 1 aromatic rings. The molecule has 4 N–H and O–H groups in total. The van der Waals surface area contributed by atoms with Crippen molar-refractivity contribution >= 4 is 29.5 Å². The quantitative estimate of drug-likeness (QED) is 0.537. The number of carboxylic acid groups (broad SMARTS) is 1. The summed E-state index contributed by atoms with van der Waals surface area (Å²) in [6, 6.07) is 6.56. The molecule has 3 amide bonds. The predicted octanol–water partition coefficient (Wildman–Crippen LogP) is 1.12. The standard InChI is InChI=1S/C14H18ClN3O4/c15-11-5-3-10(4-6-11)8-17-14(22)18-9-12(19)16-7-1-2-13(20)21/h3-6H,1-2,7-9H2,(H,16,19)(H,20,21)(H2,17,18,22). The van der Waals surface area contributed by atoms with Crippen LogP contribution < -0.4 is 16.0 Å². The number of amides is 3. The van der Waals surface area contributed by atoms with E-state index in [0.29, 0.717) is 18.0 Å². The number of aliphatic carboxylic acids is 1. The second kappa shape index (κ2) is 9.62. The molecular weight excluding hydrogens is 310 g/mol. The van der Waals surface area contributed by atoms with E-state index in [1.54, 1.807) is 24.3 Å². The van der Waals surface area contributed by atoms with E-state index >= 15 is 0 Å². The van der Waals surface area contributed by atoms with Crippen molar-refractivity contribution in [2.24, 2.45) is 0 Å². The van der Waals surface area contributed by atoms with Crippen molar-refractivity contribution in [1.29, 1.82) is 0 Å². The second-order valence-electron chi connectivity index (χ2n) is 4.51. The zero-order valence-corrected chi connectivity index (χ0v) is 12.7. The molecule has 8 heteroatoms. The predicted molar refractivity (Wildman–Crippen MR) is 81.6 cm³/mol. The van der Waals surface area contributed by atoms with Gasteiger partial charge in [-0.2, -0.15) is 0 Å². The summed E-state index contributed by atoms with van der Waals surface area (Å²) in [4.78, 5) is 33.2. The van der Waals surface area contributed by atoms with Crippen LogP contribution in [0.25, 0.3) is 0 Å². The van der Waals surface area contributed by atoms with E-state index < -0.39 is 12.0 Å². The molecule has 0 saturated carbocycles. The Morgan fingerprint density at radius 3 is 2.36 bits per heavy atom. The smallest absolute Gasteiger partial charge is 0.315 e. The summed E-state index contributed by atoms with van der Waals surface area (Å²) < 4.78 is 0. The van der Waals surface area contributed by atoms with Gasteiger partial charge in [0.1, 0.15) is 0 Å². The van der Waals surface area contributed by atoms with Crippen LogP contribution in [0.15, 0.2) is 24.3 Å². The Morgan fingerprint density at radius 2 is 1.73 bits per heavy atom. The van der Waals surface area contributed by atoms with Crippen LogP contribution in [-0.4, -0.2) is 36.1 Å². The Labute approximate surface area is 133 Å². The molecule has 7 nitrogen and oxygen atoms in total. The summed E-state index contributed by atoms with van der Waals surface area (Å²) in [7, 11) is 0. The number of nitrogens with one attached hydrogen (secondary N) is 3. The lowest BCUT2D eigenvalue weighted by Gasteiger charge is -2.08. The third-order valence-corrected chi connectivity index (χ3v) is 2.92. The third kappa shape index (κ3) is 8.11. The first-order valence-electron chi connectivity index (χ1n) is 6.72. The lowest BCUT2D eigenvalue weighted by atomic mass is 10.2. The topological polar surface area (TPSA) is 108 Å². The van der Waals surface area contributed by atoms with E-state index in [4.69, 9.17) is 16.7 Å². The maximum atomic E-state index is 11.5. The van der Waals surface area contributed by atoms with Gasteiger partial charge in [-0.3, -0.25) is 9.59 Å². The number of rotatable bonds is 8. The normalized spacial score (nSPS) is 9.86. The van der Waals surface area contributed by atoms with Crippen LogP contribution in [0.4, 0.5) is 4.79 Å². The van der Waals surface area contributed by atoms with Crippen LogP contribution in [-0.2, 0) is 16.1 Å². The highest BCUT2D eigenvalue weighted by Crippen LogP contribution is 2.08. The number of carbonyl (C=O) groups excluding carboxylic acids is 2. The van der Waals surface area contributed by atoms with Gasteiger partial charge in [0, 0.05) is 24.5 Å². The fourth-order valence-electron chi connectivity index (χ4n) is 1.54. The molecule has 120 valence electrons. The molecule has 0 spiro atoms. The Bertz CT molecular complexity index is 519. The lowest BCUT2D eigenvalue weighted by Crippen LogP contribution is -2.42.